The topological polar surface area (TPSA) is 83.4 Å². The molecule has 2 aromatic rings. The molecular formula is C17H23FN6O2. The number of nitrogens with zero attached hydrogens (tertiary/aromatic N) is 5. The average molecular weight is 362 g/mol. The van der Waals surface area contributed by atoms with Gasteiger partial charge in [0, 0.05) is 20.6 Å². The Morgan fingerprint density at radius 2 is 1.85 bits per heavy atom. The number of hydrogen-bond acceptors (Lipinski definition) is 5. The van der Waals surface area contributed by atoms with Crippen LogP contribution in [-0.2, 0) is 11.3 Å². The molecule has 2 amide bonds. The van der Waals surface area contributed by atoms with Gasteiger partial charge in [-0.1, -0.05) is 17.3 Å². The molecule has 1 atom stereocenters. The molecule has 9 heteroatoms. The number of carbonyl (C=O) groups is 2. The van der Waals surface area contributed by atoms with Crippen molar-refractivity contribution in [2.24, 2.45) is 0 Å². The Hall–Kier alpha value is -2.81. The summed E-state index contributed by atoms with van der Waals surface area (Å²) in [4.78, 5) is 27.3. The highest BCUT2D eigenvalue weighted by molar-refractivity contribution is 5.91. The van der Waals surface area contributed by atoms with Gasteiger partial charge in [0.2, 0.25) is 5.91 Å². The van der Waals surface area contributed by atoms with Crippen molar-refractivity contribution in [3.63, 3.8) is 0 Å². The van der Waals surface area contributed by atoms with Gasteiger partial charge in [0.05, 0.1) is 12.2 Å². The minimum atomic E-state index is -0.387. The number of hydrogen-bond donors (Lipinski definition) is 1. The van der Waals surface area contributed by atoms with Crippen LogP contribution in [0.25, 0.3) is 0 Å². The van der Waals surface area contributed by atoms with Crippen LogP contribution in [0.5, 0.6) is 0 Å². The summed E-state index contributed by atoms with van der Waals surface area (Å²) in [5.41, 5.74) is 1.02. The summed E-state index contributed by atoms with van der Waals surface area (Å²) in [6, 6.07) is 6.04. The second-order valence-electron chi connectivity index (χ2n) is 6.33. The van der Waals surface area contributed by atoms with Crippen molar-refractivity contribution in [3.8, 4) is 0 Å². The molecule has 1 heterocycles. The molecule has 26 heavy (non-hydrogen) atoms. The SMILES string of the molecule is CN(C)C(=O)Cn1cc(C(=O)NCC(c2ccc(F)cc2)N(C)C)nn1. The van der Waals surface area contributed by atoms with Gasteiger partial charge in [0.15, 0.2) is 5.69 Å². The number of nitrogens with one attached hydrogen (secondary N) is 1. The first-order chi connectivity index (χ1) is 12.3. The lowest BCUT2D eigenvalue weighted by atomic mass is 10.1. The van der Waals surface area contributed by atoms with Gasteiger partial charge in [-0.3, -0.25) is 9.59 Å². The molecule has 1 aromatic carbocycles. The number of carbonyl (C=O) groups excluding carboxylic acids is 2. The fourth-order valence-corrected chi connectivity index (χ4v) is 2.32. The van der Waals surface area contributed by atoms with E-state index >= 15 is 0 Å². The third-order valence-corrected chi connectivity index (χ3v) is 3.90. The van der Waals surface area contributed by atoms with Gasteiger partial charge < -0.3 is 15.1 Å². The summed E-state index contributed by atoms with van der Waals surface area (Å²) < 4.78 is 14.4. The highest BCUT2D eigenvalue weighted by atomic mass is 19.1. The lowest BCUT2D eigenvalue weighted by molar-refractivity contribution is -0.129. The van der Waals surface area contributed by atoms with E-state index in [0.717, 1.165) is 5.56 Å². The van der Waals surface area contributed by atoms with Gasteiger partial charge in [-0.2, -0.15) is 0 Å². The Kier molecular flexibility index (Phi) is 6.40. The lowest BCUT2D eigenvalue weighted by Crippen LogP contribution is -2.34. The third kappa shape index (κ3) is 5.09. The van der Waals surface area contributed by atoms with Crippen molar-refractivity contribution in [1.29, 1.82) is 0 Å². The predicted octanol–water partition coefficient (Wildman–Crippen LogP) is 0.538. The first-order valence-corrected chi connectivity index (χ1v) is 8.08. The van der Waals surface area contributed by atoms with Crippen molar-refractivity contribution in [3.05, 3.63) is 47.5 Å². The van der Waals surface area contributed by atoms with E-state index < -0.39 is 0 Å². The Morgan fingerprint density at radius 3 is 2.42 bits per heavy atom. The molecule has 1 unspecified atom stereocenters. The van der Waals surface area contributed by atoms with Crippen molar-refractivity contribution < 1.29 is 14.0 Å². The van der Waals surface area contributed by atoms with Crippen molar-refractivity contribution in [2.45, 2.75) is 12.6 Å². The second-order valence-corrected chi connectivity index (χ2v) is 6.33. The molecule has 0 bridgehead atoms. The maximum Gasteiger partial charge on any atom is 0.273 e. The number of aromatic nitrogens is 3. The van der Waals surface area contributed by atoms with E-state index in [0.29, 0.717) is 6.54 Å². The van der Waals surface area contributed by atoms with E-state index in [4.69, 9.17) is 0 Å². The van der Waals surface area contributed by atoms with E-state index in [1.807, 2.05) is 19.0 Å². The zero-order valence-electron chi connectivity index (χ0n) is 15.3. The van der Waals surface area contributed by atoms with Crippen molar-refractivity contribution in [2.75, 3.05) is 34.7 Å². The fourth-order valence-electron chi connectivity index (χ4n) is 2.32. The quantitative estimate of drug-likeness (QED) is 0.777. The van der Waals surface area contributed by atoms with E-state index in [-0.39, 0.29) is 35.9 Å². The summed E-state index contributed by atoms with van der Waals surface area (Å²) in [6.45, 7) is 0.337. The molecular weight excluding hydrogens is 339 g/mol. The maximum absolute atomic E-state index is 13.1. The molecule has 1 aromatic heterocycles. The van der Waals surface area contributed by atoms with E-state index in [1.54, 1.807) is 26.2 Å². The number of likely N-dealkylation sites (N-methyl/N-ethyl adjacent to an activating group) is 2. The molecule has 1 N–H and O–H groups in total. The van der Waals surface area contributed by atoms with Crippen LogP contribution in [0.1, 0.15) is 22.1 Å². The number of halogens is 1. The Morgan fingerprint density at radius 1 is 1.19 bits per heavy atom. The van der Waals surface area contributed by atoms with Gasteiger partial charge in [-0.15, -0.1) is 5.10 Å². The lowest BCUT2D eigenvalue weighted by Gasteiger charge is -2.25. The molecule has 0 aliphatic rings. The number of rotatable bonds is 7. The van der Waals surface area contributed by atoms with Gasteiger partial charge in [0.1, 0.15) is 12.4 Å². The Bertz CT molecular complexity index is 757. The first kappa shape index (κ1) is 19.5. The molecule has 0 aliphatic heterocycles. The highest BCUT2D eigenvalue weighted by Crippen LogP contribution is 2.17. The van der Waals surface area contributed by atoms with Gasteiger partial charge >= 0.3 is 0 Å². The normalized spacial score (nSPS) is 12.1. The van der Waals surface area contributed by atoms with Crippen LogP contribution in [0.15, 0.2) is 30.5 Å². The molecule has 0 saturated carbocycles. The molecule has 0 fully saturated rings. The Labute approximate surface area is 151 Å². The van der Waals surface area contributed by atoms with E-state index in [1.165, 1.54) is 27.9 Å². The zero-order chi connectivity index (χ0) is 19.3. The van der Waals surface area contributed by atoms with E-state index in [2.05, 4.69) is 15.6 Å². The van der Waals surface area contributed by atoms with Crippen LogP contribution >= 0.6 is 0 Å². The second kappa shape index (κ2) is 8.52. The number of amides is 2. The van der Waals surface area contributed by atoms with Crippen LogP contribution in [-0.4, -0.2) is 71.3 Å². The van der Waals surface area contributed by atoms with Gasteiger partial charge in [0.25, 0.3) is 5.91 Å². The molecule has 0 radical (unpaired) electrons. The molecule has 0 spiro atoms. The standard InChI is InChI=1S/C17H23FN6O2/c1-22(2)15(12-5-7-13(18)8-6-12)9-19-17(26)14-10-24(21-20-14)11-16(25)23(3)4/h5-8,10,15H,9,11H2,1-4H3,(H,19,26). The zero-order valence-corrected chi connectivity index (χ0v) is 15.3. The molecule has 0 saturated heterocycles. The summed E-state index contributed by atoms with van der Waals surface area (Å²) in [6.07, 6.45) is 1.43. The van der Waals surface area contributed by atoms with Crippen LogP contribution in [0.2, 0.25) is 0 Å². The predicted molar refractivity (Wildman–Crippen MR) is 93.9 cm³/mol. The molecule has 140 valence electrons. The number of benzene rings is 1. The molecule has 8 nitrogen and oxygen atoms in total. The summed E-state index contributed by atoms with van der Waals surface area (Å²) in [7, 11) is 7.04. The fraction of sp³-hybridized carbons (Fsp3) is 0.412. The van der Waals surface area contributed by atoms with E-state index in [9.17, 15) is 14.0 Å². The summed E-state index contributed by atoms with van der Waals surface area (Å²) in [5, 5.41) is 10.4. The Balaban J connectivity index is 1.99. The smallest absolute Gasteiger partial charge is 0.273 e. The minimum Gasteiger partial charge on any atom is -0.349 e. The van der Waals surface area contributed by atoms with Crippen molar-refractivity contribution >= 4 is 11.8 Å². The largest absolute Gasteiger partial charge is 0.349 e. The monoisotopic (exact) mass is 362 g/mol. The maximum atomic E-state index is 13.1. The first-order valence-electron chi connectivity index (χ1n) is 8.08. The molecule has 2 rings (SSSR count). The van der Waals surface area contributed by atoms with Crippen LogP contribution < -0.4 is 5.32 Å². The minimum absolute atomic E-state index is 0.0170. The van der Waals surface area contributed by atoms with Gasteiger partial charge in [-0.05, 0) is 31.8 Å². The highest BCUT2D eigenvalue weighted by Gasteiger charge is 2.18. The summed E-state index contributed by atoms with van der Waals surface area (Å²) >= 11 is 0. The van der Waals surface area contributed by atoms with Gasteiger partial charge in [-0.25, -0.2) is 9.07 Å². The van der Waals surface area contributed by atoms with Crippen LogP contribution in [0.3, 0.4) is 0 Å². The van der Waals surface area contributed by atoms with Crippen molar-refractivity contribution in [1.82, 2.24) is 30.1 Å². The summed E-state index contributed by atoms with van der Waals surface area (Å²) in [5.74, 6) is -0.840. The van der Waals surface area contributed by atoms with Crippen LogP contribution in [0, 0.1) is 5.82 Å². The van der Waals surface area contributed by atoms with Crippen LogP contribution in [0.4, 0.5) is 4.39 Å². The third-order valence-electron chi connectivity index (χ3n) is 3.90. The average Bonchev–Trinajstić information content (AvgIpc) is 3.04. The molecule has 0 aliphatic carbocycles.